The van der Waals surface area contributed by atoms with Crippen LogP contribution in [-0.2, 0) is 6.54 Å². The normalized spacial score (nSPS) is 14.8. The number of nitrogens with zero attached hydrogens (tertiary/aromatic N) is 4. The van der Waals surface area contributed by atoms with Crippen molar-refractivity contribution in [2.75, 3.05) is 57.1 Å². The van der Waals surface area contributed by atoms with Crippen molar-refractivity contribution < 1.29 is 0 Å². The number of halogens is 1. The number of aliphatic imine (C=N–C) groups is 1. The second-order valence-electron chi connectivity index (χ2n) is 6.39. The number of anilines is 2. The number of nitrogens with one attached hydrogen (secondary N) is 1. The van der Waals surface area contributed by atoms with Crippen molar-refractivity contribution in [2.24, 2.45) is 4.99 Å². The van der Waals surface area contributed by atoms with Gasteiger partial charge in [-0.05, 0) is 35.2 Å². The van der Waals surface area contributed by atoms with Crippen LogP contribution in [-0.4, -0.2) is 58.2 Å². The lowest BCUT2D eigenvalue weighted by atomic mass is 10.2. The molecular weight excluding hydrogens is 457 g/mol. The predicted molar refractivity (Wildman–Crippen MR) is 124 cm³/mol. The molecule has 0 unspecified atom stereocenters. The Bertz CT molecular complexity index is 694. The van der Waals surface area contributed by atoms with Crippen LogP contribution >= 0.6 is 35.3 Å². The van der Waals surface area contributed by atoms with E-state index in [2.05, 4.69) is 80.9 Å². The number of thiophene rings is 1. The minimum atomic E-state index is 0. The van der Waals surface area contributed by atoms with E-state index < -0.39 is 0 Å². The van der Waals surface area contributed by atoms with E-state index >= 15 is 0 Å². The van der Waals surface area contributed by atoms with Gasteiger partial charge in [-0.2, -0.15) is 0 Å². The molecule has 0 atom stereocenters. The molecule has 1 N–H and O–H groups in total. The van der Waals surface area contributed by atoms with Gasteiger partial charge < -0.3 is 20.0 Å². The maximum atomic E-state index is 4.48. The summed E-state index contributed by atoms with van der Waals surface area (Å²) >= 11 is 1.81. The molecular formula is C19H28IN5S. The topological polar surface area (TPSA) is 34.1 Å². The Kier molecular flexibility index (Phi) is 8.02. The third-order valence-corrected chi connectivity index (χ3v) is 5.42. The Labute approximate surface area is 177 Å². The first-order valence-corrected chi connectivity index (χ1v) is 9.55. The van der Waals surface area contributed by atoms with Crippen molar-refractivity contribution in [1.29, 1.82) is 0 Å². The Hall–Kier alpha value is -1.48. The number of guanidine groups is 1. The molecule has 0 amide bonds. The van der Waals surface area contributed by atoms with Gasteiger partial charge in [0.15, 0.2) is 5.96 Å². The highest BCUT2D eigenvalue weighted by Gasteiger charge is 2.20. The van der Waals surface area contributed by atoms with Gasteiger partial charge in [0.05, 0.1) is 5.00 Å². The summed E-state index contributed by atoms with van der Waals surface area (Å²) in [6.45, 7) is 4.86. The number of benzene rings is 1. The molecule has 0 bridgehead atoms. The van der Waals surface area contributed by atoms with E-state index in [4.69, 9.17) is 0 Å². The molecule has 1 fully saturated rings. The molecule has 1 saturated heterocycles. The van der Waals surface area contributed by atoms with E-state index in [1.54, 1.807) is 0 Å². The smallest absolute Gasteiger partial charge is 0.194 e. The first-order valence-electron chi connectivity index (χ1n) is 8.67. The van der Waals surface area contributed by atoms with Crippen LogP contribution in [0.1, 0.15) is 5.56 Å². The summed E-state index contributed by atoms with van der Waals surface area (Å²) in [7, 11) is 6.00. The fourth-order valence-electron chi connectivity index (χ4n) is 3.05. The Morgan fingerprint density at radius 2 is 1.92 bits per heavy atom. The van der Waals surface area contributed by atoms with Crippen LogP contribution < -0.4 is 15.1 Å². The van der Waals surface area contributed by atoms with Gasteiger partial charge in [-0.25, -0.2) is 0 Å². The van der Waals surface area contributed by atoms with Gasteiger partial charge in [0.1, 0.15) is 0 Å². The number of hydrogen-bond acceptors (Lipinski definition) is 4. The lowest BCUT2D eigenvalue weighted by Crippen LogP contribution is -2.52. The molecule has 3 rings (SSSR count). The maximum Gasteiger partial charge on any atom is 0.194 e. The molecule has 7 heteroatoms. The molecule has 142 valence electrons. The van der Waals surface area contributed by atoms with Gasteiger partial charge in [0.25, 0.3) is 0 Å². The number of piperazine rings is 1. The van der Waals surface area contributed by atoms with E-state index in [1.807, 2.05) is 18.4 Å². The van der Waals surface area contributed by atoms with Gasteiger partial charge in [0, 0.05) is 59.6 Å². The van der Waals surface area contributed by atoms with Crippen LogP contribution in [0, 0.1) is 0 Å². The predicted octanol–water partition coefficient (Wildman–Crippen LogP) is 3.33. The van der Waals surface area contributed by atoms with Gasteiger partial charge >= 0.3 is 0 Å². The summed E-state index contributed by atoms with van der Waals surface area (Å²) < 4.78 is 0. The first kappa shape index (κ1) is 20.8. The zero-order chi connectivity index (χ0) is 17.6. The highest BCUT2D eigenvalue weighted by Crippen LogP contribution is 2.22. The van der Waals surface area contributed by atoms with Crippen molar-refractivity contribution in [3.63, 3.8) is 0 Å². The molecule has 1 aromatic heterocycles. The highest BCUT2D eigenvalue weighted by molar-refractivity contribution is 14.0. The third-order valence-electron chi connectivity index (χ3n) is 4.49. The van der Waals surface area contributed by atoms with Crippen LogP contribution in [0.25, 0.3) is 0 Å². The molecule has 0 aliphatic carbocycles. The van der Waals surface area contributed by atoms with E-state index in [0.717, 1.165) is 38.7 Å². The van der Waals surface area contributed by atoms with Crippen molar-refractivity contribution in [3.8, 4) is 0 Å². The maximum absolute atomic E-state index is 4.48. The van der Waals surface area contributed by atoms with Crippen molar-refractivity contribution in [1.82, 2.24) is 10.2 Å². The van der Waals surface area contributed by atoms with Crippen LogP contribution in [0.15, 0.2) is 46.8 Å². The molecule has 0 spiro atoms. The quantitative estimate of drug-likeness (QED) is 0.410. The van der Waals surface area contributed by atoms with Crippen LogP contribution in [0.2, 0.25) is 0 Å². The Morgan fingerprint density at radius 3 is 2.54 bits per heavy atom. The zero-order valence-electron chi connectivity index (χ0n) is 15.7. The Balaban J connectivity index is 0.00000243. The largest absolute Gasteiger partial charge is 0.378 e. The summed E-state index contributed by atoms with van der Waals surface area (Å²) in [5, 5.41) is 7.02. The van der Waals surface area contributed by atoms with Gasteiger partial charge in [-0.15, -0.1) is 35.3 Å². The van der Waals surface area contributed by atoms with Gasteiger partial charge in [-0.1, -0.05) is 12.1 Å². The second kappa shape index (κ2) is 10.0. The summed E-state index contributed by atoms with van der Waals surface area (Å²) in [4.78, 5) is 11.4. The molecule has 5 nitrogen and oxygen atoms in total. The van der Waals surface area contributed by atoms with E-state index in [-0.39, 0.29) is 24.0 Å². The monoisotopic (exact) mass is 485 g/mol. The molecule has 2 aromatic rings. The number of hydrogen-bond donors (Lipinski definition) is 1. The fraction of sp³-hybridized carbons (Fsp3) is 0.421. The van der Waals surface area contributed by atoms with E-state index in [9.17, 15) is 0 Å². The summed E-state index contributed by atoms with van der Waals surface area (Å²) in [6, 6.07) is 12.9. The van der Waals surface area contributed by atoms with Crippen molar-refractivity contribution >= 4 is 52.0 Å². The van der Waals surface area contributed by atoms with Gasteiger partial charge in [-0.3, -0.25) is 4.99 Å². The fourth-order valence-corrected chi connectivity index (χ4v) is 3.83. The molecule has 2 heterocycles. The van der Waals surface area contributed by atoms with Crippen molar-refractivity contribution in [2.45, 2.75) is 6.54 Å². The third kappa shape index (κ3) is 5.26. The van der Waals surface area contributed by atoms with Crippen LogP contribution in [0.3, 0.4) is 0 Å². The molecule has 1 aliphatic heterocycles. The average Bonchev–Trinajstić information content (AvgIpc) is 3.18. The lowest BCUT2D eigenvalue weighted by Gasteiger charge is -2.37. The molecule has 1 aromatic carbocycles. The van der Waals surface area contributed by atoms with Crippen LogP contribution in [0.4, 0.5) is 10.7 Å². The molecule has 26 heavy (non-hydrogen) atoms. The molecule has 1 aliphatic rings. The lowest BCUT2D eigenvalue weighted by molar-refractivity contribution is 0.373. The van der Waals surface area contributed by atoms with Crippen LogP contribution in [0.5, 0.6) is 0 Å². The first-order chi connectivity index (χ1) is 12.2. The standard InChI is InChI=1S/C19H27N5S.HI/c1-20-19(21-15-16-6-4-7-17(14-16)22(2)3)24-11-9-23(10-12-24)18-8-5-13-25-18;/h4-8,13-14H,9-12,15H2,1-3H3,(H,20,21);1H. The average molecular weight is 485 g/mol. The highest BCUT2D eigenvalue weighted by atomic mass is 127. The SMILES string of the molecule is CN=C(NCc1cccc(N(C)C)c1)N1CCN(c2cccs2)CC1.I. The number of rotatable bonds is 4. The Morgan fingerprint density at radius 1 is 1.15 bits per heavy atom. The minimum Gasteiger partial charge on any atom is -0.378 e. The minimum absolute atomic E-state index is 0. The second-order valence-corrected chi connectivity index (χ2v) is 7.32. The molecule has 0 saturated carbocycles. The van der Waals surface area contributed by atoms with E-state index in [0.29, 0.717) is 0 Å². The molecule has 0 radical (unpaired) electrons. The van der Waals surface area contributed by atoms with Gasteiger partial charge in [0.2, 0.25) is 0 Å². The zero-order valence-corrected chi connectivity index (χ0v) is 18.8. The summed E-state index contributed by atoms with van der Waals surface area (Å²) in [5.74, 6) is 0.987. The summed E-state index contributed by atoms with van der Waals surface area (Å²) in [6.07, 6.45) is 0. The van der Waals surface area contributed by atoms with E-state index in [1.165, 1.54) is 16.3 Å². The van der Waals surface area contributed by atoms with Crippen molar-refractivity contribution in [3.05, 3.63) is 47.3 Å². The summed E-state index contributed by atoms with van der Waals surface area (Å²) in [5.41, 5.74) is 2.49.